The van der Waals surface area contributed by atoms with Crippen LogP contribution in [0.15, 0.2) is 192 Å². The monoisotopic (exact) mass is 713 g/mol. The van der Waals surface area contributed by atoms with Crippen molar-refractivity contribution >= 4 is 76.2 Å². The molecule has 0 aliphatic rings. The lowest BCUT2D eigenvalue weighted by Crippen LogP contribution is -2.03. The van der Waals surface area contributed by atoms with E-state index in [1.807, 2.05) is 0 Å². The van der Waals surface area contributed by atoms with Crippen LogP contribution in [-0.2, 0) is 0 Å². The van der Waals surface area contributed by atoms with Crippen molar-refractivity contribution in [2.75, 3.05) is 0 Å². The number of fused-ring (bicyclic) bond motifs is 10. The summed E-state index contributed by atoms with van der Waals surface area (Å²) < 4.78 is 8.82. The zero-order valence-electron chi connectivity index (χ0n) is 30.1. The predicted octanol–water partition coefficient (Wildman–Crippen LogP) is 13.9. The van der Waals surface area contributed by atoms with Crippen molar-refractivity contribution in [2.45, 2.75) is 0 Å². The fourth-order valence-electron chi connectivity index (χ4n) is 8.84. The van der Waals surface area contributed by atoms with E-state index in [0.717, 1.165) is 65.9 Å². The summed E-state index contributed by atoms with van der Waals surface area (Å²) in [6, 6.07) is 66.7. The molecule has 0 radical (unpaired) electrons. The normalized spacial score (nSPS) is 11.9. The van der Waals surface area contributed by atoms with E-state index in [4.69, 9.17) is 14.4 Å². The molecule has 0 amide bonds. The average Bonchev–Trinajstić information content (AvgIpc) is 3.80. The predicted molar refractivity (Wildman–Crippen MR) is 232 cm³/mol. The highest BCUT2D eigenvalue weighted by Crippen LogP contribution is 2.44. The van der Waals surface area contributed by atoms with Crippen LogP contribution in [0.2, 0.25) is 0 Å². The van der Waals surface area contributed by atoms with Crippen molar-refractivity contribution in [3.63, 3.8) is 0 Å². The van der Waals surface area contributed by atoms with E-state index in [1.165, 1.54) is 43.8 Å². The highest BCUT2D eigenvalue weighted by atomic mass is 16.3. The third-order valence-electron chi connectivity index (χ3n) is 11.4. The lowest BCUT2D eigenvalue weighted by molar-refractivity contribution is 0.669. The number of benzene rings is 9. The molecule has 0 saturated heterocycles. The van der Waals surface area contributed by atoms with Crippen LogP contribution in [-0.4, -0.2) is 14.5 Å². The summed E-state index contributed by atoms with van der Waals surface area (Å²) >= 11 is 0. The summed E-state index contributed by atoms with van der Waals surface area (Å²) in [5.41, 5.74) is 11.2. The highest BCUT2D eigenvalue weighted by Gasteiger charge is 2.23. The quantitative estimate of drug-likeness (QED) is 0.182. The van der Waals surface area contributed by atoms with Gasteiger partial charge in [-0.3, -0.25) is 4.57 Å². The molecule has 0 spiro atoms. The molecule has 3 aromatic heterocycles. The Morgan fingerprint density at radius 1 is 0.375 bits per heavy atom. The van der Waals surface area contributed by atoms with Crippen LogP contribution in [0.4, 0.5) is 0 Å². The SMILES string of the molecule is c1ccc(-c2ccc3c(c2)c2c4ccccc4c(-c4ccccc4)cc2n3-c2nc(-c3cccc4oc5cc6ccccc6cc5c34)c3ccccc3n2)cc1. The summed E-state index contributed by atoms with van der Waals surface area (Å²) in [7, 11) is 0. The number of furan rings is 1. The second-order valence-electron chi connectivity index (χ2n) is 14.5. The molecule has 0 atom stereocenters. The van der Waals surface area contributed by atoms with Crippen LogP contribution in [0.3, 0.4) is 0 Å². The molecule has 56 heavy (non-hydrogen) atoms. The summed E-state index contributed by atoms with van der Waals surface area (Å²) in [5, 5.41) is 10.2. The first-order chi connectivity index (χ1) is 27.8. The summed E-state index contributed by atoms with van der Waals surface area (Å²) in [6.45, 7) is 0. The standard InChI is InChI=1S/C52H31N3O/c1-3-14-32(15-4-1)36-26-27-45-42(28-36)49-38-21-10-9-20-37(38)41(33-16-5-2-6-17-33)31-46(49)55(45)52-53-44-24-12-11-22-39(44)51(54-52)40-23-13-25-47-50(40)43-29-34-18-7-8-19-35(34)30-48(43)56-47/h1-31H. The van der Waals surface area contributed by atoms with E-state index in [1.54, 1.807) is 0 Å². The van der Waals surface area contributed by atoms with Gasteiger partial charge in [-0.2, -0.15) is 0 Å². The molecule has 0 aliphatic carbocycles. The lowest BCUT2D eigenvalue weighted by Gasteiger charge is -2.14. The molecule has 9 aromatic carbocycles. The van der Waals surface area contributed by atoms with Gasteiger partial charge in [0.1, 0.15) is 11.2 Å². The maximum Gasteiger partial charge on any atom is 0.235 e. The molecule has 0 bridgehead atoms. The minimum atomic E-state index is 0.621. The number of hydrogen-bond donors (Lipinski definition) is 0. The Kier molecular flexibility index (Phi) is 6.60. The maximum atomic E-state index is 6.55. The zero-order chi connectivity index (χ0) is 36.7. The summed E-state index contributed by atoms with van der Waals surface area (Å²) in [6.07, 6.45) is 0. The van der Waals surface area contributed by atoms with Crippen molar-refractivity contribution in [1.82, 2.24) is 14.5 Å². The van der Waals surface area contributed by atoms with Crippen LogP contribution < -0.4 is 0 Å². The first-order valence-corrected chi connectivity index (χ1v) is 19.0. The van der Waals surface area contributed by atoms with Crippen molar-refractivity contribution in [3.8, 4) is 39.5 Å². The van der Waals surface area contributed by atoms with Crippen molar-refractivity contribution < 1.29 is 4.42 Å². The molecule has 12 rings (SSSR count). The van der Waals surface area contributed by atoms with E-state index < -0.39 is 0 Å². The van der Waals surface area contributed by atoms with E-state index in [9.17, 15) is 0 Å². The third kappa shape index (κ3) is 4.60. The summed E-state index contributed by atoms with van der Waals surface area (Å²) in [5.74, 6) is 0.621. The van der Waals surface area contributed by atoms with Gasteiger partial charge in [-0.1, -0.05) is 146 Å². The van der Waals surface area contributed by atoms with Gasteiger partial charge in [-0.25, -0.2) is 9.97 Å². The molecule has 0 aliphatic heterocycles. The molecular weight excluding hydrogens is 683 g/mol. The molecule has 0 fully saturated rings. The van der Waals surface area contributed by atoms with Crippen molar-refractivity contribution in [3.05, 3.63) is 188 Å². The van der Waals surface area contributed by atoms with E-state index in [-0.39, 0.29) is 0 Å². The fourth-order valence-corrected chi connectivity index (χ4v) is 8.84. The minimum absolute atomic E-state index is 0.621. The first kappa shape index (κ1) is 30.9. The molecule has 260 valence electrons. The lowest BCUT2D eigenvalue weighted by atomic mass is 9.94. The Balaban J connectivity index is 1.21. The second-order valence-corrected chi connectivity index (χ2v) is 14.5. The van der Waals surface area contributed by atoms with Gasteiger partial charge in [0.05, 0.1) is 22.2 Å². The Hall–Kier alpha value is -7.56. The molecule has 12 aromatic rings. The zero-order valence-corrected chi connectivity index (χ0v) is 30.1. The number of aromatic nitrogens is 3. The van der Waals surface area contributed by atoms with Crippen LogP contribution >= 0.6 is 0 Å². The number of hydrogen-bond acceptors (Lipinski definition) is 3. The Bertz CT molecular complexity index is 3530. The third-order valence-corrected chi connectivity index (χ3v) is 11.4. The van der Waals surface area contributed by atoms with Gasteiger partial charge in [0.25, 0.3) is 0 Å². The molecule has 0 saturated carbocycles. The molecular formula is C52H31N3O. The van der Waals surface area contributed by atoms with Crippen molar-refractivity contribution in [1.29, 1.82) is 0 Å². The van der Waals surface area contributed by atoms with Gasteiger partial charge in [-0.15, -0.1) is 0 Å². The maximum absolute atomic E-state index is 6.55. The Labute approximate surface area is 321 Å². The second kappa shape index (κ2) is 12.0. The smallest absolute Gasteiger partial charge is 0.235 e. The first-order valence-electron chi connectivity index (χ1n) is 19.0. The van der Waals surface area contributed by atoms with E-state index in [0.29, 0.717) is 5.95 Å². The molecule has 3 heterocycles. The van der Waals surface area contributed by atoms with Gasteiger partial charge in [0.15, 0.2) is 0 Å². The Morgan fingerprint density at radius 3 is 1.89 bits per heavy atom. The number of para-hydroxylation sites is 1. The minimum Gasteiger partial charge on any atom is -0.456 e. The Morgan fingerprint density at radius 2 is 1.07 bits per heavy atom. The van der Waals surface area contributed by atoms with E-state index in [2.05, 4.69) is 193 Å². The highest BCUT2D eigenvalue weighted by molar-refractivity contribution is 6.25. The van der Waals surface area contributed by atoms with Gasteiger partial charge < -0.3 is 4.42 Å². The van der Waals surface area contributed by atoms with Gasteiger partial charge in [-0.05, 0) is 86.3 Å². The van der Waals surface area contributed by atoms with Gasteiger partial charge in [0.2, 0.25) is 5.95 Å². The van der Waals surface area contributed by atoms with Crippen LogP contribution in [0.1, 0.15) is 0 Å². The van der Waals surface area contributed by atoms with Crippen LogP contribution in [0.25, 0.3) is 116 Å². The molecule has 0 unspecified atom stereocenters. The van der Waals surface area contributed by atoms with Gasteiger partial charge in [0, 0.05) is 32.5 Å². The molecule has 4 nitrogen and oxygen atoms in total. The van der Waals surface area contributed by atoms with Gasteiger partial charge >= 0.3 is 0 Å². The largest absolute Gasteiger partial charge is 0.456 e. The fraction of sp³-hybridized carbons (Fsp3) is 0. The molecule has 4 heteroatoms. The number of rotatable bonds is 4. The number of nitrogens with zero attached hydrogens (tertiary/aromatic N) is 3. The average molecular weight is 714 g/mol. The van der Waals surface area contributed by atoms with Crippen LogP contribution in [0, 0.1) is 0 Å². The topological polar surface area (TPSA) is 43.9 Å². The van der Waals surface area contributed by atoms with Crippen molar-refractivity contribution in [2.24, 2.45) is 0 Å². The summed E-state index contributed by atoms with van der Waals surface area (Å²) in [4.78, 5) is 11.0. The van der Waals surface area contributed by atoms with Crippen LogP contribution in [0.5, 0.6) is 0 Å². The van der Waals surface area contributed by atoms with E-state index >= 15 is 0 Å². The molecule has 0 N–H and O–H groups in total.